The lowest BCUT2D eigenvalue weighted by atomic mass is 9.63. The Bertz CT molecular complexity index is 604. The number of allylic oxidation sites excluding steroid dienone is 1. The van der Waals surface area contributed by atoms with Gasteiger partial charge in [-0.15, -0.1) is 6.58 Å². The molecule has 0 spiro atoms. The molecule has 3 unspecified atom stereocenters. The summed E-state index contributed by atoms with van der Waals surface area (Å²) in [7, 11) is 2.16. The average molecular weight is 357 g/mol. The fourth-order valence-electron chi connectivity index (χ4n) is 4.14. The molecule has 2 rings (SSSR count). The Morgan fingerprint density at radius 1 is 1.31 bits per heavy atom. The van der Waals surface area contributed by atoms with E-state index in [2.05, 4.69) is 75.8 Å². The zero-order valence-corrected chi connectivity index (χ0v) is 17.2. The van der Waals surface area contributed by atoms with Gasteiger partial charge in [0.1, 0.15) is 0 Å². The fourth-order valence-corrected chi connectivity index (χ4v) is 4.14. The molecule has 26 heavy (non-hydrogen) atoms. The van der Waals surface area contributed by atoms with Crippen LogP contribution in [0, 0.1) is 17.3 Å². The van der Waals surface area contributed by atoms with Crippen LogP contribution in [0.5, 0.6) is 0 Å². The Kier molecular flexibility index (Phi) is 6.68. The zero-order chi connectivity index (χ0) is 19.4. The molecule has 3 heteroatoms. The predicted octanol–water partition coefficient (Wildman–Crippen LogP) is 4.64. The number of benzene rings is 1. The van der Waals surface area contributed by atoms with E-state index in [0.717, 1.165) is 32.4 Å². The number of hydrogen-bond acceptors (Lipinski definition) is 2. The number of rotatable bonds is 6. The molecule has 0 saturated heterocycles. The molecule has 0 aliphatic heterocycles. The summed E-state index contributed by atoms with van der Waals surface area (Å²) in [6.07, 6.45) is 5.13. The summed E-state index contributed by atoms with van der Waals surface area (Å²) in [6.45, 7) is 14.2. The van der Waals surface area contributed by atoms with Crippen molar-refractivity contribution in [3.05, 3.63) is 48.6 Å². The van der Waals surface area contributed by atoms with Crippen molar-refractivity contribution in [1.82, 2.24) is 10.2 Å². The van der Waals surface area contributed by atoms with E-state index in [-0.39, 0.29) is 16.9 Å². The number of hydrogen-bond donors (Lipinski definition) is 1. The highest BCUT2D eigenvalue weighted by Crippen LogP contribution is 2.45. The van der Waals surface area contributed by atoms with Gasteiger partial charge < -0.3 is 10.2 Å². The molecule has 1 aromatic carbocycles. The molecule has 0 bridgehead atoms. The summed E-state index contributed by atoms with van der Waals surface area (Å²) >= 11 is 0. The van der Waals surface area contributed by atoms with Gasteiger partial charge in [0.05, 0.1) is 5.41 Å². The number of carbonyl (C=O) groups is 1. The van der Waals surface area contributed by atoms with Crippen LogP contribution in [-0.4, -0.2) is 29.9 Å². The topological polar surface area (TPSA) is 32.3 Å². The van der Waals surface area contributed by atoms with E-state index in [4.69, 9.17) is 0 Å². The monoisotopic (exact) mass is 356 g/mol. The minimum Gasteiger partial charge on any atom is -0.351 e. The van der Waals surface area contributed by atoms with Crippen molar-refractivity contribution in [3.8, 4) is 0 Å². The Labute approximate surface area is 159 Å². The van der Waals surface area contributed by atoms with Gasteiger partial charge in [-0.25, -0.2) is 0 Å². The molecule has 3 atom stereocenters. The first-order chi connectivity index (χ1) is 12.1. The maximum absolute atomic E-state index is 13.2. The highest BCUT2D eigenvalue weighted by Gasteiger charge is 2.46. The quantitative estimate of drug-likeness (QED) is 0.753. The Morgan fingerprint density at radius 2 is 1.96 bits per heavy atom. The lowest BCUT2D eigenvalue weighted by Gasteiger charge is -2.45. The fraction of sp³-hybridized carbons (Fsp3) is 0.609. The van der Waals surface area contributed by atoms with Crippen molar-refractivity contribution in [2.45, 2.75) is 59.0 Å². The number of carbonyl (C=O) groups excluding carboxylic acids is 1. The molecule has 1 N–H and O–H groups in total. The zero-order valence-electron chi connectivity index (χ0n) is 17.2. The first-order valence-electron chi connectivity index (χ1n) is 9.81. The molecule has 1 saturated carbocycles. The second-order valence-corrected chi connectivity index (χ2v) is 9.28. The first kappa shape index (κ1) is 20.7. The summed E-state index contributed by atoms with van der Waals surface area (Å²) in [5, 5.41) is 3.24. The largest absolute Gasteiger partial charge is 0.351 e. The minimum absolute atomic E-state index is 0.190. The van der Waals surface area contributed by atoms with Crippen molar-refractivity contribution >= 4 is 5.91 Å². The molecule has 1 fully saturated rings. The second-order valence-electron chi connectivity index (χ2n) is 9.28. The highest BCUT2D eigenvalue weighted by molar-refractivity contribution is 5.83. The van der Waals surface area contributed by atoms with E-state index in [9.17, 15) is 4.79 Å². The lowest BCUT2D eigenvalue weighted by Crippen LogP contribution is -2.54. The van der Waals surface area contributed by atoms with E-state index < -0.39 is 0 Å². The molecule has 3 nitrogen and oxygen atoms in total. The standard InChI is InChI=1S/C23H36N2O/c1-7-18-13-14-20(17-25(6)16-19-11-9-8-10-12-19)23(5,15-18)21(26)24-22(2,3)4/h7-12,18,20H,1,13-17H2,2-6H3,(H,24,26). The molecular weight excluding hydrogens is 320 g/mol. The maximum Gasteiger partial charge on any atom is 0.226 e. The van der Waals surface area contributed by atoms with Gasteiger partial charge >= 0.3 is 0 Å². The third-order valence-electron chi connectivity index (χ3n) is 5.64. The van der Waals surface area contributed by atoms with Gasteiger partial charge in [-0.1, -0.05) is 43.3 Å². The summed E-state index contributed by atoms with van der Waals surface area (Å²) < 4.78 is 0. The van der Waals surface area contributed by atoms with Gasteiger partial charge in [0.2, 0.25) is 5.91 Å². The molecule has 144 valence electrons. The van der Waals surface area contributed by atoms with Crippen LogP contribution in [0.3, 0.4) is 0 Å². The van der Waals surface area contributed by atoms with Crippen LogP contribution in [0.25, 0.3) is 0 Å². The SMILES string of the molecule is C=CC1CCC(CN(C)Cc2ccccc2)C(C)(C(=O)NC(C)(C)C)C1. The highest BCUT2D eigenvalue weighted by atomic mass is 16.2. The molecular formula is C23H36N2O. The van der Waals surface area contributed by atoms with Crippen molar-refractivity contribution < 1.29 is 4.79 Å². The van der Waals surface area contributed by atoms with E-state index in [1.54, 1.807) is 0 Å². The summed E-state index contributed by atoms with van der Waals surface area (Å²) in [6, 6.07) is 10.5. The van der Waals surface area contributed by atoms with Crippen LogP contribution in [0.1, 0.15) is 52.5 Å². The molecule has 0 aromatic heterocycles. The van der Waals surface area contributed by atoms with Gasteiger partial charge in [0.15, 0.2) is 0 Å². The smallest absolute Gasteiger partial charge is 0.226 e. The van der Waals surface area contributed by atoms with E-state index in [1.807, 2.05) is 12.1 Å². The molecule has 1 aromatic rings. The molecule has 1 aliphatic rings. The van der Waals surface area contributed by atoms with Crippen LogP contribution in [0.15, 0.2) is 43.0 Å². The van der Waals surface area contributed by atoms with Gasteiger partial charge in [0.25, 0.3) is 0 Å². The molecule has 0 heterocycles. The molecule has 0 radical (unpaired) electrons. The van der Waals surface area contributed by atoms with Crippen LogP contribution in [-0.2, 0) is 11.3 Å². The predicted molar refractivity (Wildman–Crippen MR) is 110 cm³/mol. The Morgan fingerprint density at radius 3 is 2.54 bits per heavy atom. The number of nitrogens with zero attached hydrogens (tertiary/aromatic N) is 1. The van der Waals surface area contributed by atoms with Crippen LogP contribution in [0.2, 0.25) is 0 Å². The Balaban J connectivity index is 2.12. The van der Waals surface area contributed by atoms with Gasteiger partial charge in [-0.05, 0) is 64.5 Å². The minimum atomic E-state index is -0.352. The maximum atomic E-state index is 13.2. The van der Waals surface area contributed by atoms with Crippen molar-refractivity contribution in [2.24, 2.45) is 17.3 Å². The lowest BCUT2D eigenvalue weighted by molar-refractivity contribution is -0.138. The summed E-state index contributed by atoms with van der Waals surface area (Å²) in [4.78, 5) is 15.5. The van der Waals surface area contributed by atoms with E-state index in [1.165, 1.54) is 5.56 Å². The number of nitrogens with one attached hydrogen (secondary N) is 1. The first-order valence-corrected chi connectivity index (χ1v) is 9.81. The summed E-state index contributed by atoms with van der Waals surface area (Å²) in [5.41, 5.74) is 0.757. The molecule has 1 aliphatic carbocycles. The van der Waals surface area contributed by atoms with Gasteiger partial charge in [0, 0.05) is 18.6 Å². The van der Waals surface area contributed by atoms with Crippen molar-refractivity contribution in [2.75, 3.05) is 13.6 Å². The van der Waals surface area contributed by atoms with Crippen molar-refractivity contribution in [3.63, 3.8) is 0 Å². The second kappa shape index (κ2) is 8.39. The van der Waals surface area contributed by atoms with Gasteiger partial charge in [-0.3, -0.25) is 4.79 Å². The normalized spacial score (nSPS) is 26.5. The Hall–Kier alpha value is -1.61. The number of amides is 1. The van der Waals surface area contributed by atoms with Crippen LogP contribution < -0.4 is 5.32 Å². The average Bonchev–Trinajstić information content (AvgIpc) is 2.56. The summed E-state index contributed by atoms with van der Waals surface area (Å²) in [5.74, 6) is 0.978. The van der Waals surface area contributed by atoms with E-state index in [0.29, 0.717) is 11.8 Å². The molecule has 1 amide bonds. The third kappa shape index (κ3) is 5.44. The van der Waals surface area contributed by atoms with Gasteiger partial charge in [-0.2, -0.15) is 0 Å². The van der Waals surface area contributed by atoms with Crippen LogP contribution in [0.4, 0.5) is 0 Å². The third-order valence-corrected chi connectivity index (χ3v) is 5.64. The van der Waals surface area contributed by atoms with E-state index >= 15 is 0 Å². The van der Waals surface area contributed by atoms with Crippen LogP contribution >= 0.6 is 0 Å². The van der Waals surface area contributed by atoms with Crippen molar-refractivity contribution in [1.29, 1.82) is 0 Å².